The molecule has 1 nitrogen and oxygen atoms in total. The van der Waals surface area contributed by atoms with Gasteiger partial charge in [0.25, 0.3) is 0 Å². The maximum atomic E-state index is 9.69. The second-order valence-corrected chi connectivity index (χ2v) is 8.44. The number of phenols is 1. The highest BCUT2D eigenvalue weighted by molar-refractivity contribution is 5.73. The Kier molecular flexibility index (Phi) is 5.08. The first-order valence-corrected chi connectivity index (χ1v) is 10.0. The number of aromatic hydroxyl groups is 1. The van der Waals surface area contributed by atoms with Crippen LogP contribution in [-0.4, -0.2) is 5.11 Å². The summed E-state index contributed by atoms with van der Waals surface area (Å²) in [7, 11) is 0. The zero-order valence-corrected chi connectivity index (χ0v) is 15.9. The van der Waals surface area contributed by atoms with Crippen molar-refractivity contribution in [2.75, 3.05) is 0 Å². The van der Waals surface area contributed by atoms with Crippen molar-refractivity contribution in [3.8, 4) is 5.75 Å². The van der Waals surface area contributed by atoms with E-state index in [1.54, 1.807) is 5.57 Å². The van der Waals surface area contributed by atoms with Crippen molar-refractivity contribution < 1.29 is 6.53 Å². The number of hydrogen-bond acceptors (Lipinski definition) is 1. The third-order valence-corrected chi connectivity index (χ3v) is 7.16. The Bertz CT molecular complexity index is 619. The van der Waals surface area contributed by atoms with E-state index in [9.17, 15) is 5.11 Å². The molecule has 24 heavy (non-hydrogen) atoms. The summed E-state index contributed by atoms with van der Waals surface area (Å²) in [6.45, 7) is 9.34. The molecule has 3 aliphatic carbocycles. The fourth-order valence-electron chi connectivity index (χ4n) is 5.21. The molecule has 4 rings (SSSR count). The number of rotatable bonds is 1. The van der Waals surface area contributed by atoms with Crippen LogP contribution in [0.3, 0.4) is 0 Å². The standard InChI is InChI=1S/C19H24O.C4H10.H2/c1-12-3-8-18-17-6-4-13-11-14(20)5-7-15(13)16(17)9-10-19(12,18)2;1-3-4-2;/h5,7,9,11-12,17-18,20H,3-4,6,8,10H2,1-2H3;3-4H2,1-2H3;1H. The zero-order chi connectivity index (χ0) is 17.3. The molecule has 1 fully saturated rings. The second-order valence-electron chi connectivity index (χ2n) is 8.44. The fraction of sp³-hybridized carbons (Fsp3) is 0.652. The summed E-state index contributed by atoms with van der Waals surface area (Å²) in [5.41, 5.74) is 4.88. The van der Waals surface area contributed by atoms with Crippen LogP contribution in [0.1, 0.15) is 78.8 Å². The Morgan fingerprint density at radius 2 is 1.92 bits per heavy atom. The van der Waals surface area contributed by atoms with Crippen LogP contribution < -0.4 is 0 Å². The molecule has 0 amide bonds. The smallest absolute Gasteiger partial charge is 0.115 e. The van der Waals surface area contributed by atoms with Gasteiger partial charge >= 0.3 is 0 Å². The molecule has 0 saturated heterocycles. The Labute approximate surface area is 149 Å². The van der Waals surface area contributed by atoms with Crippen LogP contribution in [0, 0.1) is 23.2 Å². The molecule has 0 bridgehead atoms. The Hall–Kier alpha value is -1.24. The number of allylic oxidation sites excluding steroid dienone is 2. The molecule has 0 aromatic heterocycles. The molecule has 1 saturated carbocycles. The molecule has 1 aromatic rings. The summed E-state index contributed by atoms with van der Waals surface area (Å²) in [6, 6.07) is 5.97. The molecule has 0 spiro atoms. The van der Waals surface area contributed by atoms with E-state index in [-0.39, 0.29) is 1.43 Å². The molecule has 1 N–H and O–H groups in total. The number of fused-ring (bicyclic) bond motifs is 5. The predicted molar refractivity (Wildman–Crippen MR) is 105 cm³/mol. The van der Waals surface area contributed by atoms with E-state index in [0.29, 0.717) is 11.2 Å². The van der Waals surface area contributed by atoms with Crippen LogP contribution >= 0.6 is 0 Å². The number of phenolic OH excluding ortho intramolecular Hbond substituents is 1. The Morgan fingerprint density at radius 3 is 2.62 bits per heavy atom. The monoisotopic (exact) mass is 328 g/mol. The van der Waals surface area contributed by atoms with Crippen molar-refractivity contribution in [1.29, 1.82) is 0 Å². The topological polar surface area (TPSA) is 20.2 Å². The normalized spacial score (nSPS) is 33.5. The molecule has 0 heterocycles. The third kappa shape index (κ3) is 2.91. The van der Waals surface area contributed by atoms with Crippen LogP contribution in [-0.2, 0) is 6.42 Å². The lowest BCUT2D eigenvalue weighted by Crippen LogP contribution is -2.37. The van der Waals surface area contributed by atoms with Crippen LogP contribution in [0.25, 0.3) is 5.57 Å². The van der Waals surface area contributed by atoms with Crippen molar-refractivity contribution in [3.05, 3.63) is 35.4 Å². The summed E-state index contributed by atoms with van der Waals surface area (Å²) in [4.78, 5) is 0. The number of benzene rings is 1. The zero-order valence-electron chi connectivity index (χ0n) is 15.9. The van der Waals surface area contributed by atoms with Crippen LogP contribution in [0.5, 0.6) is 5.75 Å². The SMILES string of the molecule is CC1CCC2C3CCc4cc(O)ccc4C3=CCC12C.CCCC.[HH]. The van der Waals surface area contributed by atoms with E-state index in [4.69, 9.17) is 0 Å². The maximum absolute atomic E-state index is 9.69. The van der Waals surface area contributed by atoms with Crippen molar-refractivity contribution in [1.82, 2.24) is 0 Å². The van der Waals surface area contributed by atoms with Gasteiger partial charge in [-0.15, -0.1) is 0 Å². The van der Waals surface area contributed by atoms with E-state index < -0.39 is 0 Å². The van der Waals surface area contributed by atoms with Crippen LogP contribution in [0.2, 0.25) is 0 Å². The molecule has 4 unspecified atom stereocenters. The minimum atomic E-state index is 0. The van der Waals surface area contributed by atoms with Crippen molar-refractivity contribution >= 4 is 5.57 Å². The van der Waals surface area contributed by atoms with Crippen molar-refractivity contribution in [3.63, 3.8) is 0 Å². The van der Waals surface area contributed by atoms with Gasteiger partial charge in [-0.1, -0.05) is 52.7 Å². The Morgan fingerprint density at radius 1 is 1.17 bits per heavy atom. The minimum Gasteiger partial charge on any atom is -0.508 e. The van der Waals surface area contributed by atoms with Gasteiger partial charge in [-0.3, -0.25) is 0 Å². The highest BCUT2D eigenvalue weighted by Crippen LogP contribution is 2.60. The van der Waals surface area contributed by atoms with Gasteiger partial charge in [-0.05, 0) is 84.1 Å². The van der Waals surface area contributed by atoms with Crippen molar-refractivity contribution in [2.45, 2.75) is 72.6 Å². The molecule has 1 aromatic carbocycles. The average molecular weight is 329 g/mol. The van der Waals surface area contributed by atoms with Gasteiger partial charge in [0.1, 0.15) is 5.75 Å². The third-order valence-electron chi connectivity index (χ3n) is 7.16. The van der Waals surface area contributed by atoms with Gasteiger partial charge in [0, 0.05) is 1.43 Å². The predicted octanol–water partition coefficient (Wildman–Crippen LogP) is 6.85. The summed E-state index contributed by atoms with van der Waals surface area (Å²) in [6.07, 6.45) is 11.6. The van der Waals surface area contributed by atoms with E-state index in [1.165, 1.54) is 49.7 Å². The second kappa shape index (κ2) is 6.94. The summed E-state index contributed by atoms with van der Waals surface area (Å²) in [5, 5.41) is 9.69. The first kappa shape index (κ1) is 17.6. The van der Waals surface area contributed by atoms with Gasteiger partial charge < -0.3 is 5.11 Å². The summed E-state index contributed by atoms with van der Waals surface area (Å²) >= 11 is 0. The van der Waals surface area contributed by atoms with Crippen molar-refractivity contribution in [2.24, 2.45) is 23.2 Å². The average Bonchev–Trinajstić information content (AvgIpc) is 2.90. The maximum Gasteiger partial charge on any atom is 0.115 e. The van der Waals surface area contributed by atoms with Gasteiger partial charge in [0.05, 0.1) is 0 Å². The van der Waals surface area contributed by atoms with E-state index in [1.807, 2.05) is 12.1 Å². The highest BCUT2D eigenvalue weighted by atomic mass is 16.3. The minimum absolute atomic E-state index is 0. The molecular formula is C23H36O. The lowest BCUT2D eigenvalue weighted by molar-refractivity contribution is 0.125. The highest BCUT2D eigenvalue weighted by Gasteiger charge is 2.50. The fourth-order valence-corrected chi connectivity index (χ4v) is 5.21. The first-order valence-electron chi connectivity index (χ1n) is 10.0. The van der Waals surface area contributed by atoms with Crippen LogP contribution in [0.15, 0.2) is 24.3 Å². The summed E-state index contributed by atoms with van der Waals surface area (Å²) in [5.74, 6) is 2.92. The first-order chi connectivity index (χ1) is 11.5. The van der Waals surface area contributed by atoms with E-state index in [0.717, 1.165) is 24.2 Å². The molecule has 0 radical (unpaired) electrons. The quantitative estimate of drug-likeness (QED) is 0.598. The lowest BCUT2D eigenvalue weighted by Gasteiger charge is -2.46. The number of aryl methyl sites for hydroxylation is 1. The number of hydrogen-bond donors (Lipinski definition) is 1. The number of unbranched alkanes of at least 4 members (excludes halogenated alkanes) is 1. The van der Waals surface area contributed by atoms with Gasteiger partial charge in [-0.25, -0.2) is 0 Å². The molecule has 134 valence electrons. The summed E-state index contributed by atoms with van der Waals surface area (Å²) < 4.78 is 0. The lowest BCUT2D eigenvalue weighted by atomic mass is 9.58. The van der Waals surface area contributed by atoms with Gasteiger partial charge in [-0.2, -0.15) is 0 Å². The molecule has 3 aliphatic rings. The largest absolute Gasteiger partial charge is 0.508 e. The van der Waals surface area contributed by atoms with Gasteiger partial charge in [0.15, 0.2) is 0 Å². The Balaban J connectivity index is 0.000000411. The van der Waals surface area contributed by atoms with Crippen LogP contribution in [0.4, 0.5) is 0 Å². The molecule has 0 aliphatic heterocycles. The van der Waals surface area contributed by atoms with E-state index >= 15 is 0 Å². The molecule has 1 heteroatoms. The molecular weight excluding hydrogens is 292 g/mol. The van der Waals surface area contributed by atoms with Gasteiger partial charge in [0.2, 0.25) is 0 Å². The molecule has 4 atom stereocenters. The van der Waals surface area contributed by atoms with E-state index in [2.05, 4.69) is 39.8 Å².